The molecule has 7 heteroatoms. The van der Waals surface area contributed by atoms with Crippen LogP contribution in [0.5, 0.6) is 0 Å². The first-order valence-corrected chi connectivity index (χ1v) is 6.63. The molecular formula is C12H19F3N2O2. The number of hydrogen-bond donors (Lipinski definition) is 2. The summed E-state index contributed by atoms with van der Waals surface area (Å²) in [5, 5.41) is 5.04. The number of ether oxygens (including phenoxy) is 1. The molecule has 2 heterocycles. The maximum Gasteiger partial charge on any atom is 0.404 e. The standard InChI is InChI=1S/C12H19F3N2O2/c13-12(14,15)11(4-5-16-8-11)10(18)17-7-9-3-1-2-6-19-9/h9,16H,1-8H2,(H,17,18). The van der Waals surface area contributed by atoms with Crippen molar-refractivity contribution in [3.63, 3.8) is 0 Å². The number of amides is 1. The lowest BCUT2D eigenvalue weighted by Gasteiger charge is -2.30. The molecule has 0 bridgehead atoms. The van der Waals surface area contributed by atoms with E-state index < -0.39 is 17.5 Å². The van der Waals surface area contributed by atoms with E-state index in [2.05, 4.69) is 10.6 Å². The van der Waals surface area contributed by atoms with Crippen LogP contribution in [0.15, 0.2) is 0 Å². The van der Waals surface area contributed by atoms with Crippen LogP contribution in [0.25, 0.3) is 0 Å². The average Bonchev–Trinajstić information content (AvgIpc) is 2.87. The smallest absolute Gasteiger partial charge is 0.376 e. The normalized spacial score (nSPS) is 32.3. The van der Waals surface area contributed by atoms with E-state index in [0.717, 1.165) is 19.3 Å². The van der Waals surface area contributed by atoms with Gasteiger partial charge in [0.05, 0.1) is 6.10 Å². The van der Waals surface area contributed by atoms with E-state index in [1.54, 1.807) is 0 Å². The lowest BCUT2D eigenvalue weighted by atomic mass is 9.85. The van der Waals surface area contributed by atoms with Crippen molar-refractivity contribution >= 4 is 5.91 Å². The van der Waals surface area contributed by atoms with Crippen LogP contribution in [-0.4, -0.2) is 44.4 Å². The summed E-state index contributed by atoms with van der Waals surface area (Å²) < 4.78 is 44.7. The number of hydrogen-bond acceptors (Lipinski definition) is 3. The lowest BCUT2D eigenvalue weighted by molar-refractivity contribution is -0.216. The van der Waals surface area contributed by atoms with Gasteiger partial charge >= 0.3 is 6.18 Å². The number of alkyl halides is 3. The zero-order chi connectivity index (χ0) is 13.9. The van der Waals surface area contributed by atoms with Gasteiger partial charge in [0.1, 0.15) is 0 Å². The van der Waals surface area contributed by atoms with Crippen LogP contribution in [-0.2, 0) is 9.53 Å². The van der Waals surface area contributed by atoms with E-state index >= 15 is 0 Å². The fourth-order valence-electron chi connectivity index (χ4n) is 2.60. The van der Waals surface area contributed by atoms with Crippen LogP contribution < -0.4 is 10.6 Å². The zero-order valence-corrected chi connectivity index (χ0v) is 10.7. The van der Waals surface area contributed by atoms with Crippen LogP contribution >= 0.6 is 0 Å². The average molecular weight is 280 g/mol. The highest BCUT2D eigenvalue weighted by atomic mass is 19.4. The molecule has 2 rings (SSSR count). The van der Waals surface area contributed by atoms with Gasteiger partial charge in [0.2, 0.25) is 5.91 Å². The molecule has 2 unspecified atom stereocenters. The molecule has 0 aliphatic carbocycles. The van der Waals surface area contributed by atoms with Gasteiger partial charge in [-0.15, -0.1) is 0 Å². The van der Waals surface area contributed by atoms with Gasteiger partial charge in [-0.1, -0.05) is 0 Å². The summed E-state index contributed by atoms with van der Waals surface area (Å²) in [7, 11) is 0. The Balaban J connectivity index is 1.93. The zero-order valence-electron chi connectivity index (χ0n) is 10.7. The van der Waals surface area contributed by atoms with Crippen molar-refractivity contribution < 1.29 is 22.7 Å². The Hall–Kier alpha value is -0.820. The summed E-state index contributed by atoms with van der Waals surface area (Å²) in [6, 6.07) is 0. The second-order valence-electron chi connectivity index (χ2n) is 5.21. The fraction of sp³-hybridized carbons (Fsp3) is 0.917. The summed E-state index contributed by atoms with van der Waals surface area (Å²) >= 11 is 0. The van der Waals surface area contributed by atoms with Crippen molar-refractivity contribution in [1.82, 2.24) is 10.6 Å². The Morgan fingerprint density at radius 2 is 2.21 bits per heavy atom. The topological polar surface area (TPSA) is 50.4 Å². The minimum Gasteiger partial charge on any atom is -0.376 e. The van der Waals surface area contributed by atoms with E-state index in [1.807, 2.05) is 0 Å². The van der Waals surface area contributed by atoms with Crippen molar-refractivity contribution in [1.29, 1.82) is 0 Å². The summed E-state index contributed by atoms with van der Waals surface area (Å²) in [6.45, 7) is 0.657. The first-order chi connectivity index (χ1) is 8.96. The third-order valence-corrected chi connectivity index (χ3v) is 3.90. The van der Waals surface area contributed by atoms with Gasteiger partial charge in [-0.3, -0.25) is 4.79 Å². The highest BCUT2D eigenvalue weighted by Crippen LogP contribution is 2.43. The maximum absolute atomic E-state index is 13.1. The Morgan fingerprint density at radius 1 is 1.42 bits per heavy atom. The minimum atomic E-state index is -4.52. The summed E-state index contributed by atoms with van der Waals surface area (Å²) in [5.74, 6) is -0.931. The molecule has 2 saturated heterocycles. The lowest BCUT2D eigenvalue weighted by Crippen LogP contribution is -2.53. The van der Waals surface area contributed by atoms with Crippen molar-refractivity contribution in [3.05, 3.63) is 0 Å². The fourth-order valence-corrected chi connectivity index (χ4v) is 2.60. The summed E-state index contributed by atoms with van der Waals surface area (Å²) in [5.41, 5.74) is -2.28. The molecule has 0 radical (unpaired) electrons. The molecule has 2 atom stereocenters. The third-order valence-electron chi connectivity index (χ3n) is 3.90. The Bertz CT molecular complexity index is 321. The molecule has 4 nitrogen and oxygen atoms in total. The van der Waals surface area contributed by atoms with Gasteiger partial charge in [-0.25, -0.2) is 0 Å². The van der Waals surface area contributed by atoms with Crippen molar-refractivity contribution in [3.8, 4) is 0 Å². The van der Waals surface area contributed by atoms with Crippen molar-refractivity contribution in [2.75, 3.05) is 26.2 Å². The monoisotopic (exact) mass is 280 g/mol. The molecule has 2 aliphatic rings. The highest BCUT2D eigenvalue weighted by Gasteiger charge is 2.61. The molecule has 0 aromatic rings. The van der Waals surface area contributed by atoms with Gasteiger partial charge in [-0.2, -0.15) is 13.2 Å². The molecule has 0 aromatic heterocycles. The Kier molecular flexibility index (Phi) is 4.35. The molecule has 2 N–H and O–H groups in total. The SMILES string of the molecule is O=C(NCC1CCCCO1)C1(C(F)(F)F)CCNC1. The van der Waals surface area contributed by atoms with Gasteiger partial charge in [0, 0.05) is 19.7 Å². The van der Waals surface area contributed by atoms with Crippen LogP contribution in [0.1, 0.15) is 25.7 Å². The molecular weight excluding hydrogens is 261 g/mol. The van der Waals surface area contributed by atoms with Crippen LogP contribution in [0.2, 0.25) is 0 Å². The first kappa shape index (κ1) is 14.6. The van der Waals surface area contributed by atoms with E-state index in [9.17, 15) is 18.0 Å². The maximum atomic E-state index is 13.1. The number of rotatable bonds is 3. The Morgan fingerprint density at radius 3 is 2.74 bits per heavy atom. The van der Waals surface area contributed by atoms with Gasteiger partial charge in [0.25, 0.3) is 0 Å². The molecule has 0 aromatic carbocycles. The second kappa shape index (κ2) is 5.66. The molecule has 0 spiro atoms. The molecule has 2 fully saturated rings. The van der Waals surface area contributed by atoms with Gasteiger partial charge < -0.3 is 15.4 Å². The van der Waals surface area contributed by atoms with Crippen LogP contribution in [0.4, 0.5) is 13.2 Å². The highest BCUT2D eigenvalue weighted by molar-refractivity contribution is 5.84. The molecule has 1 amide bonds. The largest absolute Gasteiger partial charge is 0.404 e. The van der Waals surface area contributed by atoms with E-state index in [0.29, 0.717) is 6.61 Å². The molecule has 110 valence electrons. The van der Waals surface area contributed by atoms with Crippen LogP contribution in [0.3, 0.4) is 0 Å². The van der Waals surface area contributed by atoms with Crippen molar-refractivity contribution in [2.24, 2.45) is 5.41 Å². The predicted octanol–water partition coefficient (Wildman–Crippen LogP) is 1.21. The number of nitrogens with one attached hydrogen (secondary N) is 2. The third kappa shape index (κ3) is 3.02. The van der Waals surface area contributed by atoms with E-state index in [4.69, 9.17) is 4.74 Å². The van der Waals surface area contributed by atoms with Gasteiger partial charge in [0.15, 0.2) is 5.41 Å². The van der Waals surface area contributed by atoms with Crippen molar-refractivity contribution in [2.45, 2.75) is 38.0 Å². The molecule has 2 aliphatic heterocycles. The number of carbonyl (C=O) groups excluding carboxylic acids is 1. The molecule has 19 heavy (non-hydrogen) atoms. The predicted molar refractivity (Wildman–Crippen MR) is 62.6 cm³/mol. The number of halogens is 3. The second-order valence-corrected chi connectivity index (χ2v) is 5.21. The quantitative estimate of drug-likeness (QED) is 0.817. The molecule has 0 saturated carbocycles. The van der Waals surface area contributed by atoms with E-state index in [1.165, 1.54) is 0 Å². The minimum absolute atomic E-state index is 0.155. The van der Waals surface area contributed by atoms with Crippen LogP contribution in [0, 0.1) is 5.41 Å². The Labute approximate surface area is 110 Å². The summed E-state index contributed by atoms with van der Waals surface area (Å²) in [4.78, 5) is 11.9. The summed E-state index contributed by atoms with van der Waals surface area (Å²) in [6.07, 6.45) is -2.12. The van der Waals surface area contributed by atoms with E-state index in [-0.39, 0.29) is 32.2 Å². The number of carbonyl (C=O) groups is 1. The van der Waals surface area contributed by atoms with Gasteiger partial charge in [-0.05, 0) is 32.2 Å². The first-order valence-electron chi connectivity index (χ1n) is 6.63.